The molecule has 0 spiro atoms. The average Bonchev–Trinajstić information content (AvgIpc) is 3.13. The minimum atomic E-state index is -0.764. The van der Waals surface area contributed by atoms with E-state index in [1.807, 2.05) is 0 Å². The summed E-state index contributed by atoms with van der Waals surface area (Å²) in [7, 11) is 0. The van der Waals surface area contributed by atoms with Crippen molar-refractivity contribution in [2.24, 2.45) is 0 Å². The number of carbonyl (C=O) groups is 2. The summed E-state index contributed by atoms with van der Waals surface area (Å²) in [5, 5.41) is 9.53. The van der Waals surface area contributed by atoms with E-state index < -0.39 is 6.10 Å². The number of ether oxygens (including phenoxy) is 2. The molecule has 1 atom stereocenters. The number of rotatable bonds is 41. The topological polar surface area (TPSA) is 72.8 Å². The highest BCUT2D eigenvalue weighted by Crippen LogP contribution is 2.16. The summed E-state index contributed by atoms with van der Waals surface area (Å²) in [6.07, 6.45) is 51.4. The molecule has 0 aromatic carbocycles. The van der Waals surface area contributed by atoms with Gasteiger partial charge in [-0.1, -0.05) is 205 Å². The van der Waals surface area contributed by atoms with Crippen molar-refractivity contribution >= 4 is 11.9 Å². The lowest BCUT2D eigenvalue weighted by Crippen LogP contribution is -2.28. The molecule has 1 unspecified atom stereocenters. The number of aliphatic hydroxyl groups excluding tert-OH is 1. The summed E-state index contributed by atoms with van der Waals surface area (Å²) in [4.78, 5) is 24.2. The lowest BCUT2D eigenvalue weighted by Gasteiger charge is -2.15. The normalized spacial score (nSPS) is 12.3. The van der Waals surface area contributed by atoms with Gasteiger partial charge in [-0.05, 0) is 44.9 Å². The maximum atomic E-state index is 12.2. The molecule has 0 saturated carbocycles. The molecule has 0 aromatic heterocycles. The SMILES string of the molecule is CCCCCCC/C=C\C/C=C\CCCCCCCCCCCCCCCCCCCC(=O)OC(CO)COC(=O)CCCCCCCCCC. The molecular weight excluding hydrogens is 633 g/mol. The van der Waals surface area contributed by atoms with Crippen molar-refractivity contribution in [3.63, 3.8) is 0 Å². The maximum Gasteiger partial charge on any atom is 0.306 e. The second-order valence-electron chi connectivity index (χ2n) is 15.1. The predicted octanol–water partition coefficient (Wildman–Crippen LogP) is 14.2. The van der Waals surface area contributed by atoms with Crippen LogP contribution in [-0.4, -0.2) is 36.4 Å². The molecule has 51 heavy (non-hydrogen) atoms. The first-order valence-electron chi connectivity index (χ1n) is 22.4. The molecule has 0 amide bonds. The summed E-state index contributed by atoms with van der Waals surface area (Å²) < 4.78 is 10.6. The predicted molar refractivity (Wildman–Crippen MR) is 219 cm³/mol. The van der Waals surface area contributed by atoms with Crippen molar-refractivity contribution in [1.29, 1.82) is 0 Å². The maximum absolute atomic E-state index is 12.2. The Hall–Kier alpha value is -1.62. The van der Waals surface area contributed by atoms with Crippen molar-refractivity contribution in [2.75, 3.05) is 13.2 Å². The molecule has 300 valence electrons. The second-order valence-corrected chi connectivity index (χ2v) is 15.1. The third-order valence-corrected chi connectivity index (χ3v) is 10.00. The molecule has 0 aliphatic rings. The molecule has 0 aliphatic heterocycles. The molecule has 0 fully saturated rings. The summed E-state index contributed by atoms with van der Waals surface area (Å²) in [6.45, 7) is 4.11. The van der Waals surface area contributed by atoms with Crippen LogP contribution in [0.15, 0.2) is 24.3 Å². The number of aliphatic hydroxyl groups is 1. The van der Waals surface area contributed by atoms with Gasteiger partial charge in [0.2, 0.25) is 0 Å². The molecule has 0 saturated heterocycles. The Kier molecular flexibility index (Phi) is 41.4. The fourth-order valence-corrected chi connectivity index (χ4v) is 6.59. The molecule has 0 bridgehead atoms. The van der Waals surface area contributed by atoms with Crippen LogP contribution in [0.4, 0.5) is 0 Å². The van der Waals surface area contributed by atoms with Crippen LogP contribution in [0.1, 0.15) is 239 Å². The van der Waals surface area contributed by atoms with Crippen LogP contribution in [0.25, 0.3) is 0 Å². The van der Waals surface area contributed by atoms with E-state index in [1.54, 1.807) is 0 Å². The highest BCUT2D eigenvalue weighted by atomic mass is 16.6. The van der Waals surface area contributed by atoms with Crippen LogP contribution in [0.5, 0.6) is 0 Å². The van der Waals surface area contributed by atoms with Gasteiger partial charge in [0.25, 0.3) is 0 Å². The van der Waals surface area contributed by atoms with E-state index in [9.17, 15) is 14.7 Å². The number of allylic oxidation sites excluding steroid dienone is 4. The van der Waals surface area contributed by atoms with Crippen LogP contribution < -0.4 is 0 Å². The second kappa shape index (κ2) is 42.8. The van der Waals surface area contributed by atoms with E-state index in [2.05, 4.69) is 38.2 Å². The molecular formula is C46H86O5. The molecule has 0 aromatic rings. The van der Waals surface area contributed by atoms with Crippen LogP contribution >= 0.6 is 0 Å². The smallest absolute Gasteiger partial charge is 0.306 e. The molecule has 0 heterocycles. The van der Waals surface area contributed by atoms with Crippen molar-refractivity contribution in [1.82, 2.24) is 0 Å². The van der Waals surface area contributed by atoms with E-state index in [0.29, 0.717) is 12.8 Å². The van der Waals surface area contributed by atoms with Gasteiger partial charge in [-0.3, -0.25) is 9.59 Å². The van der Waals surface area contributed by atoms with Gasteiger partial charge in [0.1, 0.15) is 6.61 Å². The van der Waals surface area contributed by atoms with E-state index >= 15 is 0 Å². The summed E-state index contributed by atoms with van der Waals surface area (Å²) >= 11 is 0. The zero-order valence-electron chi connectivity index (χ0n) is 34.1. The highest BCUT2D eigenvalue weighted by molar-refractivity contribution is 5.70. The monoisotopic (exact) mass is 719 g/mol. The average molecular weight is 719 g/mol. The zero-order valence-corrected chi connectivity index (χ0v) is 34.1. The Morgan fingerprint density at radius 2 is 0.784 bits per heavy atom. The van der Waals surface area contributed by atoms with Crippen LogP contribution in [0.3, 0.4) is 0 Å². The number of carbonyl (C=O) groups excluding carboxylic acids is 2. The molecule has 5 heteroatoms. The van der Waals surface area contributed by atoms with E-state index in [-0.39, 0.29) is 25.2 Å². The van der Waals surface area contributed by atoms with Crippen molar-refractivity contribution in [3.8, 4) is 0 Å². The zero-order chi connectivity index (χ0) is 37.1. The van der Waals surface area contributed by atoms with Crippen LogP contribution in [0.2, 0.25) is 0 Å². The minimum Gasteiger partial charge on any atom is -0.462 e. The van der Waals surface area contributed by atoms with Crippen LogP contribution in [0, 0.1) is 0 Å². The lowest BCUT2D eigenvalue weighted by molar-refractivity contribution is -0.161. The summed E-state index contributed by atoms with van der Waals surface area (Å²) in [5.41, 5.74) is 0. The summed E-state index contributed by atoms with van der Waals surface area (Å²) in [6, 6.07) is 0. The highest BCUT2D eigenvalue weighted by Gasteiger charge is 2.16. The van der Waals surface area contributed by atoms with Gasteiger partial charge in [0.15, 0.2) is 6.10 Å². The molecule has 5 nitrogen and oxygen atoms in total. The Bertz CT molecular complexity index is 776. The quantitative estimate of drug-likeness (QED) is 0.0387. The van der Waals surface area contributed by atoms with Gasteiger partial charge >= 0.3 is 11.9 Å². The largest absolute Gasteiger partial charge is 0.462 e. The Morgan fingerprint density at radius 1 is 0.451 bits per heavy atom. The lowest BCUT2D eigenvalue weighted by atomic mass is 10.0. The Balaban J connectivity index is 3.40. The van der Waals surface area contributed by atoms with E-state index in [4.69, 9.17) is 9.47 Å². The standard InChI is InChI=1S/C46H86O5/c1-3-5-7-9-11-13-14-15-16-17-18-19-20-21-22-23-24-25-26-27-28-29-30-31-32-33-35-37-39-41-46(49)51-44(42-47)43-50-45(48)40-38-36-34-12-10-8-6-4-2/h14-15,17-18,44,47H,3-13,16,19-43H2,1-2H3/b15-14-,18-17-. The molecule has 0 rings (SSSR count). The van der Waals surface area contributed by atoms with Crippen molar-refractivity contribution in [3.05, 3.63) is 24.3 Å². The van der Waals surface area contributed by atoms with Gasteiger partial charge in [-0.25, -0.2) is 0 Å². The third kappa shape index (κ3) is 41.0. The minimum absolute atomic E-state index is 0.0608. The number of esters is 2. The Morgan fingerprint density at radius 3 is 1.16 bits per heavy atom. The van der Waals surface area contributed by atoms with Crippen molar-refractivity contribution < 1.29 is 24.2 Å². The van der Waals surface area contributed by atoms with Gasteiger partial charge in [-0.2, -0.15) is 0 Å². The number of hydrogen-bond acceptors (Lipinski definition) is 5. The fraction of sp³-hybridized carbons (Fsp3) is 0.870. The fourth-order valence-electron chi connectivity index (χ4n) is 6.59. The van der Waals surface area contributed by atoms with Crippen molar-refractivity contribution in [2.45, 2.75) is 245 Å². The van der Waals surface area contributed by atoms with Gasteiger partial charge < -0.3 is 14.6 Å². The van der Waals surface area contributed by atoms with E-state index in [0.717, 1.165) is 44.9 Å². The van der Waals surface area contributed by atoms with E-state index in [1.165, 1.54) is 167 Å². The van der Waals surface area contributed by atoms with Crippen LogP contribution in [-0.2, 0) is 19.1 Å². The van der Waals surface area contributed by atoms with Gasteiger partial charge in [0.05, 0.1) is 6.61 Å². The van der Waals surface area contributed by atoms with Gasteiger partial charge in [-0.15, -0.1) is 0 Å². The number of hydrogen-bond donors (Lipinski definition) is 1. The number of unbranched alkanes of at least 4 members (excludes halogenated alkanes) is 29. The summed E-state index contributed by atoms with van der Waals surface area (Å²) in [5.74, 6) is -0.586. The first-order chi connectivity index (χ1) is 25.1. The van der Waals surface area contributed by atoms with Gasteiger partial charge in [0, 0.05) is 12.8 Å². The molecule has 0 radical (unpaired) electrons. The molecule has 1 N–H and O–H groups in total. The first-order valence-corrected chi connectivity index (χ1v) is 22.4. The first kappa shape index (κ1) is 49.4. The third-order valence-electron chi connectivity index (χ3n) is 10.00. The Labute approximate surface area is 317 Å². The molecule has 0 aliphatic carbocycles.